The molecular formula is C23H23N3O. The highest BCUT2D eigenvalue weighted by Crippen LogP contribution is 2.36. The molecule has 0 atom stereocenters. The van der Waals surface area contributed by atoms with Crippen molar-refractivity contribution in [2.75, 3.05) is 11.9 Å². The Bertz CT molecular complexity index is 1060. The maximum atomic E-state index is 6.14. The SMILES string of the molecule is CCc1ccc(-n2nc(-c3cc4ccccc4o3)c3c2NCCCC3)cc1. The van der Waals surface area contributed by atoms with E-state index in [0.29, 0.717) is 0 Å². The number of hydrogen-bond acceptors (Lipinski definition) is 3. The molecule has 0 saturated carbocycles. The zero-order valence-electron chi connectivity index (χ0n) is 15.5. The van der Waals surface area contributed by atoms with Crippen molar-refractivity contribution in [1.82, 2.24) is 9.78 Å². The van der Waals surface area contributed by atoms with Crippen LogP contribution < -0.4 is 5.32 Å². The summed E-state index contributed by atoms with van der Waals surface area (Å²) >= 11 is 0. The second-order valence-corrected chi connectivity index (χ2v) is 7.14. The molecule has 2 aromatic heterocycles. The summed E-state index contributed by atoms with van der Waals surface area (Å²) in [4.78, 5) is 0. The van der Waals surface area contributed by atoms with Crippen LogP contribution in [0.25, 0.3) is 28.1 Å². The standard InChI is InChI=1S/C23H23N3O/c1-2-16-10-12-18(13-11-16)26-23-19(8-5-6-14-24-23)22(25-26)21-15-17-7-3-4-9-20(17)27-21/h3-4,7,9-13,15,24H,2,5-6,8,14H2,1H3. The summed E-state index contributed by atoms with van der Waals surface area (Å²) in [6.45, 7) is 3.15. The number of nitrogens with one attached hydrogen (secondary N) is 1. The largest absolute Gasteiger partial charge is 0.454 e. The van der Waals surface area contributed by atoms with Crippen molar-refractivity contribution in [2.45, 2.75) is 32.6 Å². The third-order valence-electron chi connectivity index (χ3n) is 5.38. The molecule has 0 fully saturated rings. The van der Waals surface area contributed by atoms with E-state index >= 15 is 0 Å². The molecule has 4 heteroatoms. The van der Waals surface area contributed by atoms with Gasteiger partial charge in [0.1, 0.15) is 17.1 Å². The average molecular weight is 357 g/mol. The number of aromatic nitrogens is 2. The van der Waals surface area contributed by atoms with Crippen LogP contribution in [0, 0.1) is 0 Å². The predicted octanol–water partition coefficient (Wildman–Crippen LogP) is 5.60. The summed E-state index contributed by atoms with van der Waals surface area (Å²) < 4.78 is 8.19. The Kier molecular flexibility index (Phi) is 3.97. The van der Waals surface area contributed by atoms with Gasteiger partial charge in [-0.2, -0.15) is 5.10 Å². The summed E-state index contributed by atoms with van der Waals surface area (Å²) in [6.07, 6.45) is 4.39. The lowest BCUT2D eigenvalue weighted by Crippen LogP contribution is -2.07. The molecule has 0 saturated heterocycles. The van der Waals surface area contributed by atoms with E-state index in [1.807, 2.05) is 22.9 Å². The molecule has 136 valence electrons. The smallest absolute Gasteiger partial charge is 0.156 e. The summed E-state index contributed by atoms with van der Waals surface area (Å²) in [5.74, 6) is 1.95. The minimum absolute atomic E-state index is 0.847. The number of anilines is 1. The van der Waals surface area contributed by atoms with Gasteiger partial charge in [-0.15, -0.1) is 0 Å². The molecule has 0 radical (unpaired) electrons. The molecule has 3 heterocycles. The van der Waals surface area contributed by atoms with Crippen LogP contribution in [0.4, 0.5) is 5.82 Å². The van der Waals surface area contributed by atoms with Crippen LogP contribution in [0.3, 0.4) is 0 Å². The summed E-state index contributed by atoms with van der Waals surface area (Å²) in [5.41, 5.74) is 5.54. The first-order valence-electron chi connectivity index (χ1n) is 9.77. The molecule has 1 aliphatic rings. The van der Waals surface area contributed by atoms with Gasteiger partial charge in [0, 0.05) is 17.5 Å². The highest BCUT2D eigenvalue weighted by atomic mass is 16.3. The fourth-order valence-corrected chi connectivity index (χ4v) is 3.86. The van der Waals surface area contributed by atoms with Gasteiger partial charge in [-0.3, -0.25) is 0 Å². The topological polar surface area (TPSA) is 43.0 Å². The van der Waals surface area contributed by atoms with Crippen molar-refractivity contribution in [1.29, 1.82) is 0 Å². The maximum Gasteiger partial charge on any atom is 0.156 e. The quantitative estimate of drug-likeness (QED) is 0.519. The first kappa shape index (κ1) is 16.2. The lowest BCUT2D eigenvalue weighted by atomic mass is 10.1. The van der Waals surface area contributed by atoms with Crippen LogP contribution in [0.5, 0.6) is 0 Å². The number of nitrogens with zero attached hydrogens (tertiary/aromatic N) is 2. The molecule has 1 aliphatic heterocycles. The minimum Gasteiger partial charge on any atom is -0.454 e. The van der Waals surface area contributed by atoms with E-state index in [1.165, 1.54) is 17.5 Å². The van der Waals surface area contributed by atoms with E-state index < -0.39 is 0 Å². The number of benzene rings is 2. The second kappa shape index (κ2) is 6.62. The number of aryl methyl sites for hydroxylation is 1. The van der Waals surface area contributed by atoms with E-state index in [2.05, 4.69) is 48.6 Å². The molecule has 0 amide bonds. The van der Waals surface area contributed by atoms with Crippen LogP contribution >= 0.6 is 0 Å². The molecule has 0 unspecified atom stereocenters. The molecule has 0 spiro atoms. The Morgan fingerprint density at radius 3 is 2.74 bits per heavy atom. The van der Waals surface area contributed by atoms with Gasteiger partial charge in [0.05, 0.1) is 5.69 Å². The summed E-state index contributed by atoms with van der Waals surface area (Å²) in [5, 5.41) is 9.70. The van der Waals surface area contributed by atoms with E-state index in [4.69, 9.17) is 9.52 Å². The molecule has 4 aromatic rings. The van der Waals surface area contributed by atoms with Gasteiger partial charge in [0.15, 0.2) is 5.76 Å². The molecule has 5 rings (SSSR count). The Balaban J connectivity index is 1.68. The molecule has 1 N–H and O–H groups in total. The first-order valence-corrected chi connectivity index (χ1v) is 9.77. The Morgan fingerprint density at radius 1 is 1.07 bits per heavy atom. The fourth-order valence-electron chi connectivity index (χ4n) is 3.86. The second-order valence-electron chi connectivity index (χ2n) is 7.14. The minimum atomic E-state index is 0.847. The maximum absolute atomic E-state index is 6.14. The summed E-state index contributed by atoms with van der Waals surface area (Å²) in [7, 11) is 0. The van der Waals surface area contributed by atoms with Crippen molar-refractivity contribution in [2.24, 2.45) is 0 Å². The monoisotopic (exact) mass is 357 g/mol. The van der Waals surface area contributed by atoms with Crippen molar-refractivity contribution >= 4 is 16.8 Å². The molecule has 2 aromatic carbocycles. The average Bonchev–Trinajstić information content (AvgIpc) is 3.21. The van der Waals surface area contributed by atoms with E-state index in [9.17, 15) is 0 Å². The van der Waals surface area contributed by atoms with Crippen LogP contribution in [0.15, 0.2) is 59.0 Å². The van der Waals surface area contributed by atoms with Crippen molar-refractivity contribution in [3.05, 3.63) is 65.7 Å². The number of para-hydroxylation sites is 1. The third kappa shape index (κ3) is 2.81. The van der Waals surface area contributed by atoms with Gasteiger partial charge < -0.3 is 9.73 Å². The van der Waals surface area contributed by atoms with Crippen LogP contribution in [0.1, 0.15) is 30.9 Å². The predicted molar refractivity (Wildman–Crippen MR) is 110 cm³/mol. The third-order valence-corrected chi connectivity index (χ3v) is 5.38. The lowest BCUT2D eigenvalue weighted by Gasteiger charge is -2.09. The molecular weight excluding hydrogens is 334 g/mol. The van der Waals surface area contributed by atoms with Crippen molar-refractivity contribution in [3.63, 3.8) is 0 Å². The molecule has 0 aliphatic carbocycles. The number of fused-ring (bicyclic) bond motifs is 2. The van der Waals surface area contributed by atoms with Gasteiger partial charge in [0.25, 0.3) is 0 Å². The van der Waals surface area contributed by atoms with Gasteiger partial charge in [0.2, 0.25) is 0 Å². The van der Waals surface area contributed by atoms with Crippen LogP contribution in [0.2, 0.25) is 0 Å². The Labute approximate surface area is 158 Å². The normalized spacial score (nSPS) is 14.0. The first-order chi connectivity index (χ1) is 13.3. The highest BCUT2D eigenvalue weighted by molar-refractivity contribution is 5.83. The van der Waals surface area contributed by atoms with Gasteiger partial charge in [-0.1, -0.05) is 37.3 Å². The highest BCUT2D eigenvalue weighted by Gasteiger charge is 2.23. The zero-order valence-corrected chi connectivity index (χ0v) is 15.5. The van der Waals surface area contributed by atoms with Crippen LogP contribution in [-0.2, 0) is 12.8 Å². The Hall–Kier alpha value is -3.01. The van der Waals surface area contributed by atoms with E-state index in [1.54, 1.807) is 0 Å². The fraction of sp³-hybridized carbons (Fsp3) is 0.261. The molecule has 4 nitrogen and oxygen atoms in total. The lowest BCUT2D eigenvalue weighted by molar-refractivity contribution is 0.625. The van der Waals surface area contributed by atoms with E-state index in [0.717, 1.165) is 59.7 Å². The zero-order chi connectivity index (χ0) is 18.2. The number of rotatable bonds is 3. The van der Waals surface area contributed by atoms with Gasteiger partial charge in [-0.25, -0.2) is 4.68 Å². The number of furan rings is 1. The Morgan fingerprint density at radius 2 is 1.93 bits per heavy atom. The molecule has 0 bridgehead atoms. The van der Waals surface area contributed by atoms with Crippen molar-refractivity contribution in [3.8, 4) is 17.1 Å². The summed E-state index contributed by atoms with van der Waals surface area (Å²) in [6, 6.07) is 18.9. The van der Waals surface area contributed by atoms with E-state index in [-0.39, 0.29) is 0 Å². The van der Waals surface area contributed by atoms with Crippen LogP contribution in [-0.4, -0.2) is 16.3 Å². The van der Waals surface area contributed by atoms with Gasteiger partial charge >= 0.3 is 0 Å². The van der Waals surface area contributed by atoms with Crippen molar-refractivity contribution < 1.29 is 4.42 Å². The van der Waals surface area contributed by atoms with Gasteiger partial charge in [-0.05, 0) is 55.5 Å². The molecule has 27 heavy (non-hydrogen) atoms. The number of hydrogen-bond donors (Lipinski definition) is 1.